The van der Waals surface area contributed by atoms with Crippen LogP contribution in [0.3, 0.4) is 0 Å². The number of hydrogen-bond donors (Lipinski definition) is 1. The van der Waals surface area contributed by atoms with Crippen LogP contribution in [0.2, 0.25) is 0 Å². The van der Waals surface area contributed by atoms with Crippen LogP contribution in [0, 0.1) is 11.8 Å². The lowest BCUT2D eigenvalue weighted by molar-refractivity contribution is -0.0718. The number of rotatable bonds is 4. The molecular formula is C69H124N16. The van der Waals surface area contributed by atoms with Crippen molar-refractivity contribution >= 4 is 23.4 Å². The lowest BCUT2D eigenvalue weighted by Crippen LogP contribution is -2.63. The highest BCUT2D eigenvalue weighted by Gasteiger charge is 2.46. The van der Waals surface area contributed by atoms with Gasteiger partial charge in [0.25, 0.3) is 0 Å². The van der Waals surface area contributed by atoms with Crippen molar-refractivity contribution in [3.05, 3.63) is 55.1 Å². The molecule has 2 saturated carbocycles. The summed E-state index contributed by atoms with van der Waals surface area (Å²) in [7, 11) is 19.3. The first-order chi connectivity index (χ1) is 41.5. The Bertz CT molecular complexity index is 2080. The predicted octanol–water partition coefficient (Wildman–Crippen LogP) is 9.97. The molecule has 1 N–H and O–H groups in total. The van der Waals surface area contributed by atoms with Gasteiger partial charge in [0, 0.05) is 173 Å². The van der Waals surface area contributed by atoms with Crippen LogP contribution < -0.4 is 10.2 Å². The van der Waals surface area contributed by atoms with Crippen LogP contribution in [-0.4, -0.2) is 264 Å². The molecule has 12 aliphatic rings. The fourth-order valence-electron chi connectivity index (χ4n) is 15.4. The number of nitrogens with zero attached hydrogens (tertiary/aromatic N) is 15. The van der Waals surface area contributed by atoms with Crippen LogP contribution in [0.4, 0.5) is 5.69 Å². The van der Waals surface area contributed by atoms with Crippen molar-refractivity contribution in [3.63, 3.8) is 0 Å². The van der Waals surface area contributed by atoms with Gasteiger partial charge in [-0.25, -0.2) is 0 Å². The minimum Gasteiger partial charge on any atom is -0.378 e. The van der Waals surface area contributed by atoms with Gasteiger partial charge < -0.3 is 44.5 Å². The molecule has 85 heavy (non-hydrogen) atoms. The Morgan fingerprint density at radius 1 is 0.447 bits per heavy atom. The molecule has 6 atom stereocenters. The van der Waals surface area contributed by atoms with Crippen LogP contribution in [0.25, 0.3) is 0 Å². The molecule has 0 radical (unpaired) electrons. The van der Waals surface area contributed by atoms with E-state index in [1.54, 1.807) is 31.2 Å². The second-order valence-corrected chi connectivity index (χ2v) is 27.2. The van der Waals surface area contributed by atoms with Crippen molar-refractivity contribution in [2.75, 3.05) is 167 Å². The van der Waals surface area contributed by atoms with E-state index < -0.39 is 0 Å². The first-order valence-corrected chi connectivity index (χ1v) is 34.7. The molecule has 2 aliphatic carbocycles. The largest absolute Gasteiger partial charge is 0.378 e. The average molecular weight is 1180 g/mol. The molecule has 14 rings (SSSR count). The Hall–Kier alpha value is -4.09. The van der Waals surface area contributed by atoms with Gasteiger partial charge in [0.05, 0.1) is 5.84 Å². The van der Waals surface area contributed by atoms with Crippen LogP contribution in [0.15, 0.2) is 70.1 Å². The molecule has 7 saturated heterocycles. The van der Waals surface area contributed by atoms with E-state index in [9.17, 15) is 0 Å². The second-order valence-electron chi connectivity index (χ2n) is 27.2. The zero-order valence-electron chi connectivity index (χ0n) is 55.7. The van der Waals surface area contributed by atoms with Crippen LogP contribution >= 0.6 is 0 Å². The Morgan fingerprint density at radius 2 is 0.965 bits per heavy atom. The van der Waals surface area contributed by atoms with Gasteiger partial charge in [-0.1, -0.05) is 57.4 Å². The number of piperidine rings is 4. The average Bonchev–Trinajstić information content (AvgIpc) is 2.57. The van der Waals surface area contributed by atoms with Gasteiger partial charge in [0.2, 0.25) is 0 Å². The Balaban J connectivity index is 0.000000141. The molecule has 10 aliphatic heterocycles. The molecule has 2 bridgehead atoms. The van der Waals surface area contributed by atoms with Gasteiger partial charge in [0.1, 0.15) is 0 Å². The number of guanidine groups is 2. The molecule has 9 fully saturated rings. The quantitative estimate of drug-likeness (QED) is 0.314. The third kappa shape index (κ3) is 23.1. The normalized spacial score (nSPS) is 27.3. The molecule has 2 aromatic heterocycles. The summed E-state index contributed by atoms with van der Waals surface area (Å²) in [5.74, 6) is 5.79. The summed E-state index contributed by atoms with van der Waals surface area (Å²) in [6.45, 7) is 18.4. The van der Waals surface area contributed by atoms with Gasteiger partial charge >= 0.3 is 0 Å². The van der Waals surface area contributed by atoms with E-state index in [2.05, 4.69) is 124 Å². The summed E-state index contributed by atoms with van der Waals surface area (Å²) in [4.78, 5) is 45.5. The summed E-state index contributed by atoms with van der Waals surface area (Å²) in [5.41, 5.74) is 1.19. The van der Waals surface area contributed by atoms with Gasteiger partial charge in [-0.2, -0.15) is 0 Å². The SMILES string of the molecule is C1CCC2=NCCCN2CC1.C1CCN2C[C@H]3C[C@H](CN4CCCC[C@@H]34)[C@H]2C1.C1CN=C2NCCCN2C1.CN(C)C1CCCCC1.CN(C)[C@H]1CCCC[C@@H]1N(C)C.CN(C)c1ccncc1.CN1CCCN2CCCN=C12.c1ccncc1. The molecule has 16 heteroatoms. The maximum atomic E-state index is 4.55. The Labute approximate surface area is 519 Å². The summed E-state index contributed by atoms with van der Waals surface area (Å²) >= 11 is 0. The minimum absolute atomic E-state index is 0.772. The lowest BCUT2D eigenvalue weighted by atomic mass is 9.71. The van der Waals surface area contributed by atoms with Crippen molar-refractivity contribution in [1.82, 2.24) is 59.4 Å². The summed E-state index contributed by atoms with van der Waals surface area (Å²) < 4.78 is 0. The third-order valence-electron chi connectivity index (χ3n) is 20.0. The second kappa shape index (κ2) is 38.3. The highest BCUT2D eigenvalue weighted by Crippen LogP contribution is 2.42. The zero-order valence-corrected chi connectivity index (χ0v) is 55.7. The zero-order chi connectivity index (χ0) is 60.0. The highest BCUT2D eigenvalue weighted by atomic mass is 15.4. The maximum absolute atomic E-state index is 4.55. The number of aliphatic imine (C=N–C) groups is 3. The third-order valence-corrected chi connectivity index (χ3v) is 20.0. The van der Waals surface area contributed by atoms with E-state index >= 15 is 0 Å². The van der Waals surface area contributed by atoms with E-state index in [1.165, 1.54) is 244 Å². The molecular weight excluding hydrogens is 1050 g/mol. The first-order valence-electron chi connectivity index (χ1n) is 34.7. The molecule has 2 aromatic rings. The molecule has 0 spiro atoms. The van der Waals surface area contributed by atoms with E-state index in [-0.39, 0.29) is 0 Å². The number of aromatic nitrogens is 2. The Morgan fingerprint density at radius 3 is 1.51 bits per heavy atom. The van der Waals surface area contributed by atoms with Crippen molar-refractivity contribution in [2.24, 2.45) is 26.8 Å². The fraction of sp³-hybridized carbons (Fsp3) is 0.812. The van der Waals surface area contributed by atoms with E-state index in [1.807, 2.05) is 49.3 Å². The standard InChI is InChI=1S/C15H26N2.C10H22N2.C9H16N2.C8H15N3.C8H17N.C7H13N3.C7H10N2.C5H5N/c1-3-7-16-11-13-9-12(14(16)5-1)10-17-8-4-2-6-15(13)17;1-11(2)9-7-5-6-8-10(9)12(3)4;1-2-5-9-10-6-4-8-11(9)7-3-1;1-10-5-3-7-11-6-2-4-9-8(10)11;1-9(2)8-6-4-3-5-7-8;1-3-8-7-9-4-2-6-10(7)5-1;1-9(2)7-3-5-8-6-4-7;1-2-4-6-5-3-1/h12-15H,1-11H2;9-10H,5-8H2,1-4H3;1-8H2;2-7H2,1H3;8H,3-7H2,1-2H3;1-6H2,(H,8,9);3-6H,1-2H3;1-5H/t12-,13-,14-,15+;9-,10-;;;;;;/m10....../s1. The first kappa shape index (κ1) is 68.4. The number of pyridine rings is 2. The molecule has 480 valence electrons. The lowest BCUT2D eigenvalue weighted by Gasteiger charge is -2.57. The van der Waals surface area contributed by atoms with Crippen molar-refractivity contribution in [2.45, 2.75) is 191 Å². The van der Waals surface area contributed by atoms with Crippen LogP contribution in [-0.2, 0) is 0 Å². The van der Waals surface area contributed by atoms with Crippen molar-refractivity contribution in [3.8, 4) is 0 Å². The van der Waals surface area contributed by atoms with E-state index in [4.69, 9.17) is 0 Å². The van der Waals surface area contributed by atoms with Gasteiger partial charge in [-0.05, 0) is 194 Å². The molecule has 0 unspecified atom stereocenters. The number of nitrogens with one attached hydrogen (secondary N) is 1. The summed E-state index contributed by atoms with van der Waals surface area (Å²) in [6, 6.07) is 14.0. The van der Waals surface area contributed by atoms with Crippen LogP contribution in [0.5, 0.6) is 0 Å². The molecule has 0 amide bonds. The van der Waals surface area contributed by atoms with Crippen molar-refractivity contribution < 1.29 is 0 Å². The van der Waals surface area contributed by atoms with Crippen molar-refractivity contribution in [1.29, 1.82) is 0 Å². The molecule has 0 aromatic carbocycles. The van der Waals surface area contributed by atoms with Gasteiger partial charge in [-0.15, -0.1) is 0 Å². The van der Waals surface area contributed by atoms with Gasteiger partial charge in [0.15, 0.2) is 11.9 Å². The summed E-state index contributed by atoms with van der Waals surface area (Å²) in [6.07, 6.45) is 41.9. The van der Waals surface area contributed by atoms with Gasteiger partial charge in [-0.3, -0.25) is 34.7 Å². The molecule has 12 heterocycles. The van der Waals surface area contributed by atoms with E-state index in [0.29, 0.717) is 0 Å². The fourth-order valence-corrected chi connectivity index (χ4v) is 15.4. The van der Waals surface area contributed by atoms with E-state index in [0.717, 1.165) is 74.2 Å². The number of fused-ring (bicyclic) bond motifs is 9. The summed E-state index contributed by atoms with van der Waals surface area (Å²) in [5, 5.41) is 3.30. The number of amidine groups is 1. The number of hydrogen-bond acceptors (Lipinski definition) is 16. The smallest absolute Gasteiger partial charge is 0.196 e. The topological polar surface area (TPSA) is 107 Å². The monoisotopic (exact) mass is 1180 g/mol. The van der Waals surface area contributed by atoms with Crippen LogP contribution in [0.1, 0.15) is 161 Å². The highest BCUT2D eigenvalue weighted by molar-refractivity contribution is 5.83. The molecule has 16 nitrogen and oxygen atoms in total. The number of likely N-dealkylation sites (N-methyl/N-ethyl adjacent to an activating group) is 2. The minimum atomic E-state index is 0.772. The Kier molecular flexibility index (Phi) is 30.9. The predicted molar refractivity (Wildman–Crippen MR) is 361 cm³/mol. The maximum Gasteiger partial charge on any atom is 0.196 e. The number of anilines is 1.